The Morgan fingerprint density at radius 1 is 1.30 bits per heavy atom. The molecule has 138 valence electrons. The van der Waals surface area contributed by atoms with E-state index in [2.05, 4.69) is 10.3 Å². The summed E-state index contributed by atoms with van der Waals surface area (Å²) in [4.78, 5) is 16.1. The van der Waals surface area contributed by atoms with Crippen LogP contribution in [0.4, 0.5) is 4.39 Å². The fourth-order valence-corrected chi connectivity index (χ4v) is 3.67. The lowest BCUT2D eigenvalue weighted by Crippen LogP contribution is -2.35. The monoisotopic (exact) mass is 382 g/mol. The van der Waals surface area contributed by atoms with Crippen LogP contribution < -0.4 is 10.1 Å². The summed E-state index contributed by atoms with van der Waals surface area (Å²) in [5.41, 5.74) is 3.38. The topological polar surface area (TPSA) is 51.2 Å². The van der Waals surface area contributed by atoms with Gasteiger partial charge in [0.05, 0.1) is 17.8 Å². The molecule has 0 unspecified atom stereocenters. The van der Waals surface area contributed by atoms with Crippen LogP contribution in [-0.2, 0) is 11.2 Å². The second-order valence-corrected chi connectivity index (χ2v) is 7.41. The molecule has 1 aromatic heterocycles. The van der Waals surface area contributed by atoms with Crippen LogP contribution in [0, 0.1) is 5.82 Å². The first-order valence-corrected chi connectivity index (χ1v) is 10.1. The zero-order valence-electron chi connectivity index (χ0n) is 14.9. The highest BCUT2D eigenvalue weighted by Crippen LogP contribution is 2.36. The molecule has 6 heteroatoms. The van der Waals surface area contributed by atoms with Gasteiger partial charge in [-0.1, -0.05) is 18.2 Å². The van der Waals surface area contributed by atoms with Gasteiger partial charge in [-0.25, -0.2) is 4.39 Å². The Morgan fingerprint density at radius 2 is 2.15 bits per heavy atom. The molecule has 3 aromatic rings. The quantitative estimate of drug-likeness (QED) is 0.729. The van der Waals surface area contributed by atoms with Crippen molar-refractivity contribution in [3.8, 4) is 16.9 Å². The fourth-order valence-electron chi connectivity index (χ4n) is 3.31. The van der Waals surface area contributed by atoms with Crippen LogP contribution in [0.2, 0.25) is 0 Å². The van der Waals surface area contributed by atoms with E-state index in [1.54, 1.807) is 6.20 Å². The van der Waals surface area contributed by atoms with Crippen molar-refractivity contribution in [2.45, 2.75) is 12.5 Å². The zero-order valence-corrected chi connectivity index (χ0v) is 15.7. The Kier molecular flexibility index (Phi) is 4.99. The summed E-state index contributed by atoms with van der Waals surface area (Å²) in [6, 6.07) is 13.3. The van der Waals surface area contributed by atoms with Gasteiger partial charge in [-0.15, -0.1) is 0 Å². The van der Waals surface area contributed by atoms with Crippen molar-refractivity contribution in [1.29, 1.82) is 0 Å². The minimum absolute atomic E-state index is 0.0366. The Balaban J connectivity index is 1.56. The maximum Gasteiger partial charge on any atom is 0.230 e. The standard InChI is InChI=1S/C21H19FN2O2S/c1-27-12-20(25)24-11-17-8-15-7-14(9-18(22)21(15)26-17)16-6-13-4-2-3-5-19(13)23-10-16/h2-7,9-10,17H,8,11-12H2,1H3,(H,24,25)/t17-/m1/s1. The molecule has 1 aliphatic heterocycles. The molecular weight excluding hydrogens is 363 g/mol. The molecule has 4 rings (SSSR count). The van der Waals surface area contributed by atoms with Crippen LogP contribution in [0.5, 0.6) is 5.75 Å². The smallest absolute Gasteiger partial charge is 0.230 e. The number of benzene rings is 2. The van der Waals surface area contributed by atoms with Crippen LogP contribution in [0.25, 0.3) is 22.0 Å². The van der Waals surface area contributed by atoms with Gasteiger partial charge in [0.15, 0.2) is 11.6 Å². The third kappa shape index (κ3) is 3.76. The van der Waals surface area contributed by atoms with Gasteiger partial charge >= 0.3 is 0 Å². The number of carbonyl (C=O) groups is 1. The summed E-state index contributed by atoms with van der Waals surface area (Å²) in [7, 11) is 0. The second-order valence-electron chi connectivity index (χ2n) is 6.54. The summed E-state index contributed by atoms with van der Waals surface area (Å²) in [5.74, 6) is 0.281. The molecule has 2 heterocycles. The van der Waals surface area contributed by atoms with E-state index < -0.39 is 0 Å². The van der Waals surface area contributed by atoms with Crippen molar-refractivity contribution in [3.05, 3.63) is 60.0 Å². The second kappa shape index (κ2) is 7.56. The molecule has 4 nitrogen and oxygen atoms in total. The molecule has 1 aliphatic rings. The molecular formula is C21H19FN2O2S. The first kappa shape index (κ1) is 17.8. The molecule has 0 saturated heterocycles. The van der Waals surface area contributed by atoms with E-state index in [9.17, 15) is 9.18 Å². The maximum atomic E-state index is 14.6. The Morgan fingerprint density at radius 3 is 3.00 bits per heavy atom. The van der Waals surface area contributed by atoms with Crippen LogP contribution in [0.15, 0.2) is 48.7 Å². The van der Waals surface area contributed by atoms with Crippen molar-refractivity contribution >= 4 is 28.6 Å². The van der Waals surface area contributed by atoms with Crippen LogP contribution in [0.3, 0.4) is 0 Å². The van der Waals surface area contributed by atoms with E-state index in [1.807, 2.05) is 42.7 Å². The van der Waals surface area contributed by atoms with E-state index in [1.165, 1.54) is 17.8 Å². The summed E-state index contributed by atoms with van der Waals surface area (Å²) in [6.45, 7) is 0.375. The highest BCUT2D eigenvalue weighted by molar-refractivity contribution is 7.99. The van der Waals surface area contributed by atoms with Crippen LogP contribution in [0.1, 0.15) is 5.56 Å². The third-order valence-electron chi connectivity index (χ3n) is 4.58. The predicted molar refractivity (Wildman–Crippen MR) is 107 cm³/mol. The number of nitrogens with zero attached hydrogens (tertiary/aromatic N) is 1. The number of amides is 1. The van der Waals surface area contributed by atoms with Gasteiger partial charge in [0.1, 0.15) is 6.10 Å². The molecule has 1 amide bonds. The number of para-hydroxylation sites is 1. The first-order valence-electron chi connectivity index (χ1n) is 8.74. The van der Waals surface area contributed by atoms with Crippen molar-refractivity contribution in [2.24, 2.45) is 0 Å². The lowest BCUT2D eigenvalue weighted by atomic mass is 10.0. The van der Waals surface area contributed by atoms with E-state index in [-0.39, 0.29) is 23.6 Å². The number of ether oxygens (including phenoxy) is 1. The molecule has 0 radical (unpaired) electrons. The van der Waals surface area contributed by atoms with Gasteiger partial charge in [-0.3, -0.25) is 9.78 Å². The highest BCUT2D eigenvalue weighted by atomic mass is 32.2. The Hall–Kier alpha value is -2.60. The molecule has 2 aromatic carbocycles. The molecule has 0 spiro atoms. The van der Waals surface area contributed by atoms with Crippen molar-refractivity contribution < 1.29 is 13.9 Å². The van der Waals surface area contributed by atoms with Gasteiger partial charge in [-0.05, 0) is 36.1 Å². The fraction of sp³-hybridized carbons (Fsp3) is 0.238. The van der Waals surface area contributed by atoms with Crippen molar-refractivity contribution in [3.63, 3.8) is 0 Å². The average Bonchev–Trinajstić information content (AvgIpc) is 3.10. The number of thioether (sulfide) groups is 1. The summed E-state index contributed by atoms with van der Waals surface area (Å²) < 4.78 is 20.3. The zero-order chi connectivity index (χ0) is 18.8. The number of hydrogen-bond acceptors (Lipinski definition) is 4. The van der Waals surface area contributed by atoms with E-state index in [4.69, 9.17) is 4.74 Å². The Bertz CT molecular complexity index is 1010. The van der Waals surface area contributed by atoms with Crippen LogP contribution in [-0.4, -0.2) is 35.5 Å². The number of rotatable bonds is 5. The number of aromatic nitrogens is 1. The van der Waals surface area contributed by atoms with Gasteiger partial charge < -0.3 is 10.1 Å². The molecule has 0 aliphatic carbocycles. The molecule has 0 saturated carbocycles. The highest BCUT2D eigenvalue weighted by Gasteiger charge is 2.27. The first-order chi connectivity index (χ1) is 13.1. The number of carbonyl (C=O) groups excluding carboxylic acids is 1. The Labute approximate surface area is 161 Å². The van der Waals surface area contributed by atoms with E-state index in [0.29, 0.717) is 18.7 Å². The summed E-state index contributed by atoms with van der Waals surface area (Å²) >= 11 is 1.46. The van der Waals surface area contributed by atoms with E-state index >= 15 is 0 Å². The molecule has 0 bridgehead atoms. The number of pyridine rings is 1. The largest absolute Gasteiger partial charge is 0.485 e. The normalized spacial score (nSPS) is 15.4. The van der Waals surface area contributed by atoms with Gasteiger partial charge in [-0.2, -0.15) is 11.8 Å². The van der Waals surface area contributed by atoms with Gasteiger partial charge in [0.25, 0.3) is 0 Å². The maximum absolute atomic E-state index is 14.6. The van der Waals surface area contributed by atoms with Crippen molar-refractivity contribution in [1.82, 2.24) is 10.3 Å². The number of halogens is 1. The summed E-state index contributed by atoms with van der Waals surface area (Å²) in [6.07, 6.45) is 3.96. The lowest BCUT2D eigenvalue weighted by molar-refractivity contribution is -0.118. The molecule has 1 atom stereocenters. The van der Waals surface area contributed by atoms with Gasteiger partial charge in [0.2, 0.25) is 5.91 Å². The van der Waals surface area contributed by atoms with Gasteiger partial charge in [0, 0.05) is 29.1 Å². The minimum Gasteiger partial charge on any atom is -0.485 e. The van der Waals surface area contributed by atoms with Crippen LogP contribution >= 0.6 is 11.8 Å². The molecule has 0 fully saturated rings. The number of nitrogens with one attached hydrogen (secondary N) is 1. The lowest BCUT2D eigenvalue weighted by Gasteiger charge is -2.11. The molecule has 27 heavy (non-hydrogen) atoms. The SMILES string of the molecule is CSCC(=O)NC[C@H]1Cc2cc(-c3cnc4ccccc4c3)cc(F)c2O1. The summed E-state index contributed by atoms with van der Waals surface area (Å²) in [5, 5.41) is 3.84. The number of fused-ring (bicyclic) bond motifs is 2. The predicted octanol–water partition coefficient (Wildman–Crippen LogP) is 3.82. The minimum atomic E-state index is -0.381. The van der Waals surface area contributed by atoms with Crippen molar-refractivity contribution in [2.75, 3.05) is 18.6 Å². The number of hydrogen-bond donors (Lipinski definition) is 1. The average molecular weight is 382 g/mol. The third-order valence-corrected chi connectivity index (χ3v) is 5.13. The van der Waals surface area contributed by atoms with E-state index in [0.717, 1.165) is 27.6 Å². The molecule has 1 N–H and O–H groups in total.